The summed E-state index contributed by atoms with van der Waals surface area (Å²) in [6.07, 6.45) is -4.38. The molecule has 13 nitrogen and oxygen atoms in total. The van der Waals surface area contributed by atoms with Gasteiger partial charge in [-0.3, -0.25) is 10.6 Å². The second kappa shape index (κ2) is 19.9. The van der Waals surface area contributed by atoms with Gasteiger partial charge in [-0.25, -0.2) is 32.8 Å². The first-order valence-electron chi connectivity index (χ1n) is 15.0. The van der Waals surface area contributed by atoms with Gasteiger partial charge in [-0.1, -0.05) is 63.0 Å². The molecule has 0 aromatic heterocycles. The van der Waals surface area contributed by atoms with E-state index in [-0.39, 0.29) is 24.4 Å². The summed E-state index contributed by atoms with van der Waals surface area (Å²) in [4.78, 5) is 62.2. The molecule has 272 valence electrons. The van der Waals surface area contributed by atoms with Crippen LogP contribution in [0, 0.1) is 11.6 Å². The van der Waals surface area contributed by atoms with Gasteiger partial charge >= 0.3 is 30.3 Å². The van der Waals surface area contributed by atoms with E-state index in [0.717, 1.165) is 25.0 Å². The highest BCUT2D eigenvalue weighted by atomic mass is 35.5. The van der Waals surface area contributed by atoms with Crippen molar-refractivity contribution in [2.45, 2.75) is 65.6 Å². The van der Waals surface area contributed by atoms with Crippen molar-refractivity contribution in [3.63, 3.8) is 0 Å². The van der Waals surface area contributed by atoms with Crippen LogP contribution in [0.2, 0.25) is 10.0 Å². The van der Waals surface area contributed by atoms with E-state index in [1.165, 1.54) is 13.8 Å². The molecule has 2 aromatic rings. The SMILES string of the molecule is C=C(C)C(OC(=O)Nc1cc(OC(=O)Oc2cc(NC(=O)OC(C(=C)C)C(=O)OCCCC)c(F)cc2Cl)c(Cl)cc1F)C(=O)OCCCC. The van der Waals surface area contributed by atoms with Crippen LogP contribution in [-0.2, 0) is 28.5 Å². The predicted octanol–water partition coefficient (Wildman–Crippen LogP) is 8.52. The molecule has 17 heteroatoms. The van der Waals surface area contributed by atoms with Gasteiger partial charge in [-0.15, -0.1) is 0 Å². The number of esters is 2. The van der Waals surface area contributed by atoms with Gasteiger partial charge < -0.3 is 28.4 Å². The maximum atomic E-state index is 14.6. The number of nitrogens with one attached hydrogen (secondary N) is 2. The van der Waals surface area contributed by atoms with Crippen molar-refractivity contribution in [1.29, 1.82) is 0 Å². The maximum absolute atomic E-state index is 14.6. The Balaban J connectivity index is 2.15. The largest absolute Gasteiger partial charge is 0.519 e. The van der Waals surface area contributed by atoms with Crippen LogP contribution in [0.25, 0.3) is 0 Å². The molecule has 2 rings (SSSR count). The van der Waals surface area contributed by atoms with Crippen LogP contribution in [0.5, 0.6) is 11.5 Å². The normalized spacial score (nSPS) is 11.7. The lowest BCUT2D eigenvalue weighted by atomic mass is 10.2. The minimum Gasteiger partial charge on any atom is -0.463 e. The van der Waals surface area contributed by atoms with E-state index in [1.54, 1.807) is 0 Å². The van der Waals surface area contributed by atoms with Crippen LogP contribution in [0.3, 0.4) is 0 Å². The number of benzene rings is 2. The van der Waals surface area contributed by atoms with Crippen molar-refractivity contribution in [3.05, 3.63) is 70.2 Å². The lowest BCUT2D eigenvalue weighted by Crippen LogP contribution is -2.32. The van der Waals surface area contributed by atoms with Crippen molar-refractivity contribution in [3.8, 4) is 11.5 Å². The molecule has 0 fully saturated rings. The van der Waals surface area contributed by atoms with Crippen LogP contribution >= 0.6 is 23.2 Å². The number of rotatable bonds is 16. The lowest BCUT2D eigenvalue weighted by Gasteiger charge is -2.18. The highest BCUT2D eigenvalue weighted by Crippen LogP contribution is 2.34. The maximum Gasteiger partial charge on any atom is 0.519 e. The zero-order valence-electron chi connectivity index (χ0n) is 27.6. The first-order chi connectivity index (χ1) is 23.6. The number of ether oxygens (including phenoxy) is 6. The summed E-state index contributed by atoms with van der Waals surface area (Å²) >= 11 is 12.0. The molecular weight excluding hydrogens is 709 g/mol. The monoisotopic (exact) mass is 744 g/mol. The van der Waals surface area contributed by atoms with E-state index < -0.39 is 87.0 Å². The van der Waals surface area contributed by atoms with E-state index in [9.17, 15) is 32.8 Å². The Kier molecular flexibility index (Phi) is 16.5. The quantitative estimate of drug-likeness (QED) is 0.0556. The Labute approximate surface area is 296 Å². The average Bonchev–Trinajstić information content (AvgIpc) is 3.03. The molecule has 2 unspecified atom stereocenters. The van der Waals surface area contributed by atoms with Gasteiger partial charge in [0.2, 0.25) is 12.2 Å². The number of anilines is 2. The van der Waals surface area contributed by atoms with Crippen LogP contribution in [0.4, 0.5) is 34.5 Å². The zero-order chi connectivity index (χ0) is 37.5. The number of carbonyl (C=O) groups excluding carboxylic acids is 5. The number of hydrogen-bond acceptors (Lipinski definition) is 11. The number of unbranched alkanes of at least 4 members (excludes halogenated alkanes) is 2. The summed E-state index contributed by atoms with van der Waals surface area (Å²) < 4.78 is 59.6. The molecule has 0 aliphatic carbocycles. The van der Waals surface area contributed by atoms with E-state index in [0.29, 0.717) is 25.0 Å². The van der Waals surface area contributed by atoms with Crippen molar-refractivity contribution >= 4 is 64.9 Å². The fourth-order valence-corrected chi connectivity index (χ4v) is 3.96. The van der Waals surface area contributed by atoms with Crippen molar-refractivity contribution in [2.75, 3.05) is 23.8 Å². The molecule has 0 saturated heterocycles. The Morgan fingerprint density at radius 2 is 1.06 bits per heavy atom. The van der Waals surface area contributed by atoms with Crippen LogP contribution in [0.15, 0.2) is 48.6 Å². The molecule has 0 bridgehead atoms. The first kappa shape index (κ1) is 41.3. The molecule has 0 spiro atoms. The Morgan fingerprint density at radius 1 is 0.700 bits per heavy atom. The van der Waals surface area contributed by atoms with Crippen LogP contribution < -0.4 is 20.1 Å². The molecule has 2 aromatic carbocycles. The highest BCUT2D eigenvalue weighted by molar-refractivity contribution is 6.32. The van der Waals surface area contributed by atoms with Gasteiger partial charge in [-0.05, 0) is 50.0 Å². The van der Waals surface area contributed by atoms with Gasteiger partial charge in [0.15, 0.2) is 11.5 Å². The van der Waals surface area contributed by atoms with Gasteiger partial charge in [0.1, 0.15) is 11.6 Å². The third kappa shape index (κ3) is 12.9. The standard InChI is InChI=1S/C33H36Cl2F2N2O11/c1-7-9-11-45-29(40)27(17(3)4)49-31(42)38-23-15-25(19(34)13-21(23)36)47-33(44)48-26-16-24(22(37)14-20(26)35)39-32(43)50-28(18(5)6)30(41)46-12-10-8-2/h13-16,27-28H,3,5,7-12H2,1-2,4,6H3,(H,38,42)(H,39,43). The summed E-state index contributed by atoms with van der Waals surface area (Å²) in [6, 6.07) is 3.03. The fourth-order valence-electron chi connectivity index (χ4n) is 3.58. The zero-order valence-corrected chi connectivity index (χ0v) is 29.1. The van der Waals surface area contributed by atoms with Gasteiger partial charge in [0.25, 0.3) is 0 Å². The minimum atomic E-state index is -1.51. The number of halogens is 4. The first-order valence-corrected chi connectivity index (χ1v) is 15.8. The minimum absolute atomic E-state index is 0.0906. The molecule has 50 heavy (non-hydrogen) atoms. The van der Waals surface area contributed by atoms with E-state index in [2.05, 4.69) is 23.8 Å². The summed E-state index contributed by atoms with van der Waals surface area (Å²) in [7, 11) is 0. The number of carbonyl (C=O) groups is 5. The Bertz CT molecular complexity index is 1500. The molecule has 0 heterocycles. The average molecular weight is 746 g/mol. The topological polar surface area (TPSA) is 165 Å². The lowest BCUT2D eigenvalue weighted by molar-refractivity contribution is -0.152. The number of amides is 2. The highest BCUT2D eigenvalue weighted by Gasteiger charge is 2.28. The Hall–Kier alpha value is -4.89. The molecule has 2 amide bonds. The van der Waals surface area contributed by atoms with Gasteiger partial charge in [0.05, 0.1) is 34.6 Å². The second-order valence-corrected chi connectivity index (χ2v) is 11.3. The molecule has 0 radical (unpaired) electrons. The van der Waals surface area contributed by atoms with Crippen molar-refractivity contribution in [2.24, 2.45) is 0 Å². The summed E-state index contributed by atoms with van der Waals surface area (Å²) in [5.74, 6) is -4.92. The molecule has 2 N–H and O–H groups in total. The third-order valence-electron chi connectivity index (χ3n) is 6.16. The van der Waals surface area contributed by atoms with Crippen molar-refractivity contribution < 1.29 is 61.2 Å². The Morgan fingerprint density at radius 3 is 1.38 bits per heavy atom. The van der Waals surface area contributed by atoms with Crippen LogP contribution in [-0.4, -0.2) is 55.7 Å². The van der Waals surface area contributed by atoms with Crippen molar-refractivity contribution in [1.82, 2.24) is 0 Å². The molecule has 0 aliphatic rings. The van der Waals surface area contributed by atoms with E-state index >= 15 is 0 Å². The van der Waals surface area contributed by atoms with E-state index in [4.69, 9.17) is 51.6 Å². The molecule has 2 atom stereocenters. The third-order valence-corrected chi connectivity index (χ3v) is 6.75. The van der Waals surface area contributed by atoms with Gasteiger partial charge in [0, 0.05) is 12.1 Å². The number of hydrogen-bond donors (Lipinski definition) is 2. The van der Waals surface area contributed by atoms with Gasteiger partial charge in [-0.2, -0.15) is 0 Å². The van der Waals surface area contributed by atoms with Crippen LogP contribution in [0.1, 0.15) is 53.4 Å². The molecule has 0 saturated carbocycles. The smallest absolute Gasteiger partial charge is 0.463 e. The summed E-state index contributed by atoms with van der Waals surface area (Å²) in [5.41, 5.74) is -0.875. The predicted molar refractivity (Wildman–Crippen MR) is 179 cm³/mol. The van der Waals surface area contributed by atoms with E-state index in [1.807, 2.05) is 13.8 Å². The summed E-state index contributed by atoms with van der Waals surface area (Å²) in [6.45, 7) is 14.0. The molecular formula is C33H36Cl2F2N2O11. The summed E-state index contributed by atoms with van der Waals surface area (Å²) in [5, 5.41) is 3.25. The fraction of sp³-hybridized carbons (Fsp3) is 0.364. The second-order valence-electron chi connectivity index (χ2n) is 10.5. The molecule has 0 aliphatic heterocycles.